The highest BCUT2D eigenvalue weighted by Crippen LogP contribution is 2.45. The fourth-order valence-corrected chi connectivity index (χ4v) is 13.8. The van der Waals surface area contributed by atoms with E-state index in [1.807, 2.05) is 0 Å². The van der Waals surface area contributed by atoms with E-state index in [0.717, 1.165) is 18.7 Å². The molecule has 3 unspecified atom stereocenters. The van der Waals surface area contributed by atoms with Crippen molar-refractivity contribution in [3.8, 4) is 11.1 Å². The molecule has 3 amide bonds. The Kier molecular flexibility index (Phi) is 14.4. The van der Waals surface area contributed by atoms with E-state index in [-0.39, 0.29) is 91.2 Å². The van der Waals surface area contributed by atoms with Gasteiger partial charge in [0.05, 0.1) is 36.8 Å². The molecular weight excluding hydrogens is 987 g/mol. The van der Waals surface area contributed by atoms with Crippen LogP contribution in [-0.2, 0) is 54.1 Å². The third-order valence-electron chi connectivity index (χ3n) is 12.5. The molecule has 3 atom stereocenters. The molecule has 0 spiro atoms. The number of hydrogen-bond donors (Lipinski definition) is 5. The van der Waals surface area contributed by atoms with Gasteiger partial charge in [0.25, 0.3) is 17.4 Å². The molecule has 0 radical (unpaired) electrons. The second-order valence-electron chi connectivity index (χ2n) is 18.7. The molecule has 5 N–H and O–H groups in total. The average Bonchev–Trinajstić information content (AvgIpc) is 3.82. The van der Waals surface area contributed by atoms with Crippen LogP contribution in [-0.4, -0.2) is 120 Å². The Labute approximate surface area is 411 Å². The number of aliphatic hydroxyl groups is 2. The van der Waals surface area contributed by atoms with Gasteiger partial charge in [-0.1, -0.05) is 6.07 Å². The number of piperidine rings is 1. The second kappa shape index (κ2) is 19.9. The van der Waals surface area contributed by atoms with Crippen LogP contribution >= 0.6 is 10.8 Å². The van der Waals surface area contributed by atoms with Crippen molar-refractivity contribution in [1.29, 1.82) is 0 Å². The summed E-state index contributed by atoms with van der Waals surface area (Å²) >= 11 is 0. The van der Waals surface area contributed by atoms with Crippen molar-refractivity contribution in [2.45, 2.75) is 88.2 Å². The van der Waals surface area contributed by atoms with E-state index in [9.17, 15) is 50.6 Å². The average molecular weight is 1040 g/mol. The smallest absolute Gasteiger partial charge is 0.274 e. The molecule has 1 saturated heterocycles. The number of H-pyrrole nitrogens is 1. The number of fused-ring (bicyclic) bond motifs is 3. The van der Waals surface area contributed by atoms with E-state index in [4.69, 9.17) is 4.74 Å². The number of ether oxygens (including phenoxy) is 1. The maximum absolute atomic E-state index is 15.6. The maximum Gasteiger partial charge on any atom is 0.274 e. The number of nitrogens with one attached hydrogen (secondary N) is 3. The van der Waals surface area contributed by atoms with E-state index in [1.54, 1.807) is 56.4 Å². The highest BCUT2D eigenvalue weighted by atomic mass is 33.1. The molecular formula is C47H54F2N8O11S3. The summed E-state index contributed by atoms with van der Waals surface area (Å²) in [7, 11) is -5.00. The second-order valence-corrected chi connectivity index (χ2v) is 25.9. The SMILES string of the molecule is Cn1cc2c3c(c[nH]c3c1=O)CN(c1ncc(F)cc1F)c1cc(C(=O)NCCCCCN(c3cccc4c3CN(C3CCC(=O)NC3O)C4=O)C(O)OCC(C)(C)SS(C)(=O)=O)c(CS(C)(=O)=O)cc1-2. The number of benzene rings is 2. The number of hydrogen-bond acceptors (Lipinski definition) is 15. The minimum Gasteiger partial charge on any atom is -0.372 e. The Morgan fingerprint density at radius 3 is 2.52 bits per heavy atom. The summed E-state index contributed by atoms with van der Waals surface area (Å²) < 4.78 is 86.2. The lowest BCUT2D eigenvalue weighted by Gasteiger charge is -2.35. The number of aromatic amines is 1. The quantitative estimate of drug-likeness (QED) is 0.0470. The molecule has 0 saturated carbocycles. The van der Waals surface area contributed by atoms with E-state index < -0.39 is 65.4 Å². The van der Waals surface area contributed by atoms with Crippen LogP contribution in [0.1, 0.15) is 83.4 Å². The van der Waals surface area contributed by atoms with Gasteiger partial charge in [-0.25, -0.2) is 30.6 Å². The monoisotopic (exact) mass is 1040 g/mol. The van der Waals surface area contributed by atoms with Crippen LogP contribution < -0.4 is 26.0 Å². The number of rotatable bonds is 18. The van der Waals surface area contributed by atoms with E-state index >= 15 is 4.39 Å². The van der Waals surface area contributed by atoms with Gasteiger partial charge in [-0.15, -0.1) is 0 Å². The molecule has 1 fully saturated rings. The topological polar surface area (TPSA) is 254 Å². The lowest BCUT2D eigenvalue weighted by Crippen LogP contribution is -2.55. The summed E-state index contributed by atoms with van der Waals surface area (Å²) in [5, 5.41) is 28.2. The summed E-state index contributed by atoms with van der Waals surface area (Å²) in [6, 6.07) is 7.97. The molecule has 380 valence electrons. The van der Waals surface area contributed by atoms with Crippen LogP contribution in [0.15, 0.2) is 59.8 Å². The summed E-state index contributed by atoms with van der Waals surface area (Å²) in [6.45, 7) is 3.41. The summed E-state index contributed by atoms with van der Waals surface area (Å²) in [4.78, 5) is 64.7. The number of aryl methyl sites for hydroxylation is 1. The molecule has 0 bridgehead atoms. The van der Waals surface area contributed by atoms with Crippen LogP contribution in [0.2, 0.25) is 0 Å². The predicted octanol–water partition coefficient (Wildman–Crippen LogP) is 4.13. The molecule has 8 rings (SSSR count). The van der Waals surface area contributed by atoms with Gasteiger partial charge in [-0.05, 0) is 85.7 Å². The number of amides is 3. The molecule has 71 heavy (non-hydrogen) atoms. The van der Waals surface area contributed by atoms with E-state index in [1.165, 1.54) is 26.5 Å². The zero-order valence-corrected chi connectivity index (χ0v) is 41.9. The Hall–Kier alpha value is -5.92. The van der Waals surface area contributed by atoms with Gasteiger partial charge < -0.3 is 49.8 Å². The normalized spacial score (nSPS) is 17.5. The molecule has 5 aromatic rings. The van der Waals surface area contributed by atoms with Gasteiger partial charge in [0.1, 0.15) is 17.6 Å². The van der Waals surface area contributed by atoms with Crippen molar-refractivity contribution in [1.82, 2.24) is 30.1 Å². The van der Waals surface area contributed by atoms with Gasteiger partial charge in [-0.3, -0.25) is 19.2 Å². The molecule has 24 heteroatoms. The van der Waals surface area contributed by atoms with Crippen LogP contribution in [0.25, 0.3) is 22.0 Å². The number of carbonyl (C=O) groups is 3. The molecule has 6 heterocycles. The lowest BCUT2D eigenvalue weighted by atomic mass is 9.96. The summed E-state index contributed by atoms with van der Waals surface area (Å²) in [5.41, 5.74) is 3.07. The Bertz CT molecular complexity index is 3240. The number of aliphatic hydroxyl groups excluding tert-OH is 2. The number of halogens is 2. The summed E-state index contributed by atoms with van der Waals surface area (Å²) in [6.07, 6.45) is 4.89. The molecule has 0 aliphatic carbocycles. The Balaban J connectivity index is 1.03. The van der Waals surface area contributed by atoms with Crippen molar-refractivity contribution in [3.63, 3.8) is 0 Å². The van der Waals surface area contributed by atoms with Crippen LogP contribution in [0.4, 0.5) is 26.0 Å². The molecule has 3 aromatic heterocycles. The van der Waals surface area contributed by atoms with E-state index in [0.29, 0.717) is 75.0 Å². The fraction of sp³-hybridized carbons (Fsp3) is 0.426. The third kappa shape index (κ3) is 11.1. The lowest BCUT2D eigenvalue weighted by molar-refractivity contribution is -0.129. The largest absolute Gasteiger partial charge is 0.372 e. The van der Waals surface area contributed by atoms with Gasteiger partial charge >= 0.3 is 0 Å². The molecule has 2 aromatic carbocycles. The first-order valence-corrected chi connectivity index (χ1v) is 28.0. The number of sulfone groups is 1. The van der Waals surface area contributed by atoms with Crippen LogP contribution in [0.3, 0.4) is 0 Å². The first-order valence-electron chi connectivity index (χ1n) is 22.7. The number of aromatic nitrogens is 3. The highest BCUT2D eigenvalue weighted by Gasteiger charge is 2.41. The standard InChI is InChI=1S/C47H54F2N8O11S3/c1-47(2,69-71(5,66)67)25-68-46(63)55(35-11-9-10-29-32(35)23-57(44(29)61)36-12-13-38(58)53-43(36)60)15-8-6-7-14-50-42(59)30-18-37-31(16-26(30)24-70(4,64)65)33-22-54(3)45(62)40-39(33)27(19-51-40)21-56(37)41-34(49)17-28(48)20-52-41/h9-11,16-20,22,36,43,46,51,60,63H,6-8,12-15,21,23-25H2,1-5H3,(H,50,59)(H,53,58). The van der Waals surface area contributed by atoms with Crippen molar-refractivity contribution in [2.75, 3.05) is 42.0 Å². The fourth-order valence-electron chi connectivity index (χ4n) is 9.50. The third-order valence-corrected chi connectivity index (χ3v) is 16.5. The molecule has 3 aliphatic heterocycles. The predicted molar refractivity (Wildman–Crippen MR) is 263 cm³/mol. The van der Waals surface area contributed by atoms with Crippen LogP contribution in [0, 0.1) is 11.6 Å². The molecule has 3 aliphatic rings. The minimum atomic E-state index is -3.75. The minimum absolute atomic E-state index is 0.0241. The van der Waals surface area contributed by atoms with E-state index in [2.05, 4.69) is 20.6 Å². The number of pyridine rings is 2. The van der Waals surface area contributed by atoms with Crippen molar-refractivity contribution >= 4 is 75.3 Å². The molecule has 19 nitrogen and oxygen atoms in total. The highest BCUT2D eigenvalue weighted by molar-refractivity contribution is 8.72. The zero-order chi connectivity index (χ0) is 51.3. The van der Waals surface area contributed by atoms with Gasteiger partial charge in [-0.2, -0.15) is 0 Å². The van der Waals surface area contributed by atoms with Crippen LogP contribution in [0.5, 0.6) is 0 Å². The number of nitrogens with zero attached hydrogens (tertiary/aromatic N) is 5. The summed E-state index contributed by atoms with van der Waals surface area (Å²) in [5.74, 6) is -4.05. The van der Waals surface area contributed by atoms with Gasteiger partial charge in [0.15, 0.2) is 30.3 Å². The van der Waals surface area contributed by atoms with Crippen molar-refractivity contribution in [2.24, 2.45) is 7.05 Å². The number of anilines is 3. The van der Waals surface area contributed by atoms with Gasteiger partial charge in [0.2, 0.25) is 12.3 Å². The Morgan fingerprint density at radius 1 is 1.06 bits per heavy atom. The number of unbranched alkanes of at least 4 members (excludes halogenated alkanes) is 2. The zero-order valence-electron chi connectivity index (χ0n) is 39.5. The number of carbonyl (C=O) groups excluding carboxylic acids is 3. The van der Waals surface area contributed by atoms with Crippen molar-refractivity contribution in [3.05, 3.63) is 105 Å². The first kappa shape index (κ1) is 51.4. The van der Waals surface area contributed by atoms with Crippen molar-refractivity contribution < 1.29 is 54.9 Å². The maximum atomic E-state index is 15.6. The van der Waals surface area contributed by atoms with Gasteiger partial charge in [0, 0.05) is 108 Å². The Morgan fingerprint density at radius 2 is 1.82 bits per heavy atom. The first-order chi connectivity index (χ1) is 33.4.